The highest BCUT2D eigenvalue weighted by Crippen LogP contribution is 2.21. The highest BCUT2D eigenvalue weighted by atomic mass is 16.5. The van der Waals surface area contributed by atoms with Crippen molar-refractivity contribution in [3.8, 4) is 0 Å². The Bertz CT molecular complexity index is 238. The van der Waals surface area contributed by atoms with Gasteiger partial charge in [0.25, 0.3) is 0 Å². The molecule has 0 aromatic rings. The molecule has 4 heteroatoms. The summed E-state index contributed by atoms with van der Waals surface area (Å²) in [5.41, 5.74) is 0. The van der Waals surface area contributed by atoms with E-state index in [4.69, 9.17) is 4.74 Å². The molecule has 0 spiro atoms. The van der Waals surface area contributed by atoms with Crippen molar-refractivity contribution in [3.05, 3.63) is 0 Å². The second kappa shape index (κ2) is 4.49. The molecule has 2 rings (SSSR count). The zero-order valence-electron chi connectivity index (χ0n) is 9.19. The number of carbonyl (C=O) groups is 1. The van der Waals surface area contributed by atoms with Crippen molar-refractivity contribution in [2.24, 2.45) is 11.8 Å². The standard InChI is InChI=1S/C11H19NO3/c1-8-4-11(14)12(5-8)6-10(13)9-2-3-15-7-9/h8-10,13H,2-7H2,1H3. The number of hydrogen-bond acceptors (Lipinski definition) is 3. The number of amides is 1. The van der Waals surface area contributed by atoms with E-state index < -0.39 is 6.10 Å². The molecule has 1 amide bonds. The number of ether oxygens (including phenoxy) is 1. The summed E-state index contributed by atoms with van der Waals surface area (Å²) in [6, 6.07) is 0. The normalized spacial score (nSPS) is 33.7. The molecule has 0 aliphatic carbocycles. The van der Waals surface area contributed by atoms with E-state index in [2.05, 4.69) is 6.92 Å². The zero-order valence-corrected chi connectivity index (χ0v) is 9.19. The summed E-state index contributed by atoms with van der Waals surface area (Å²) < 4.78 is 5.23. The lowest BCUT2D eigenvalue weighted by Crippen LogP contribution is -2.37. The van der Waals surface area contributed by atoms with Crippen LogP contribution in [0.15, 0.2) is 0 Å². The Morgan fingerprint density at radius 1 is 1.67 bits per heavy atom. The maximum atomic E-state index is 11.5. The van der Waals surface area contributed by atoms with Crippen molar-refractivity contribution in [2.45, 2.75) is 25.9 Å². The third kappa shape index (κ3) is 2.49. The van der Waals surface area contributed by atoms with E-state index in [1.165, 1.54) is 0 Å². The fourth-order valence-electron chi connectivity index (χ4n) is 2.38. The van der Waals surface area contributed by atoms with Crippen molar-refractivity contribution in [1.82, 2.24) is 4.90 Å². The number of carbonyl (C=O) groups excluding carboxylic acids is 1. The molecule has 4 nitrogen and oxygen atoms in total. The molecule has 3 unspecified atom stereocenters. The average Bonchev–Trinajstić information content (AvgIpc) is 2.76. The lowest BCUT2D eigenvalue weighted by molar-refractivity contribution is -0.129. The van der Waals surface area contributed by atoms with E-state index in [9.17, 15) is 9.90 Å². The van der Waals surface area contributed by atoms with Crippen LogP contribution in [0.3, 0.4) is 0 Å². The van der Waals surface area contributed by atoms with Gasteiger partial charge >= 0.3 is 0 Å². The predicted octanol–water partition coefficient (Wildman–Crippen LogP) is 0.252. The Hall–Kier alpha value is -0.610. The summed E-state index contributed by atoms with van der Waals surface area (Å²) in [4.78, 5) is 13.3. The molecule has 2 saturated heterocycles. The van der Waals surface area contributed by atoms with Crippen LogP contribution < -0.4 is 0 Å². The smallest absolute Gasteiger partial charge is 0.223 e. The van der Waals surface area contributed by atoms with E-state index in [1.54, 1.807) is 4.90 Å². The third-order valence-corrected chi connectivity index (χ3v) is 3.32. The minimum atomic E-state index is -0.415. The molecule has 2 fully saturated rings. The van der Waals surface area contributed by atoms with Crippen molar-refractivity contribution < 1.29 is 14.6 Å². The molecule has 2 aliphatic heterocycles. The molecule has 0 bridgehead atoms. The first kappa shape index (κ1) is 10.9. The van der Waals surface area contributed by atoms with Gasteiger partial charge in [-0.25, -0.2) is 0 Å². The number of nitrogens with zero attached hydrogens (tertiary/aromatic N) is 1. The number of aliphatic hydroxyl groups is 1. The number of hydrogen-bond donors (Lipinski definition) is 1. The zero-order chi connectivity index (χ0) is 10.8. The van der Waals surface area contributed by atoms with Gasteiger partial charge in [0.2, 0.25) is 5.91 Å². The fourth-order valence-corrected chi connectivity index (χ4v) is 2.38. The number of aliphatic hydroxyl groups excluding tert-OH is 1. The topological polar surface area (TPSA) is 49.8 Å². The fraction of sp³-hybridized carbons (Fsp3) is 0.909. The summed E-state index contributed by atoms with van der Waals surface area (Å²) in [6.07, 6.45) is 1.13. The predicted molar refractivity (Wildman–Crippen MR) is 55.3 cm³/mol. The first-order valence-corrected chi connectivity index (χ1v) is 5.70. The van der Waals surface area contributed by atoms with Crippen LogP contribution in [0.4, 0.5) is 0 Å². The van der Waals surface area contributed by atoms with E-state index in [1.807, 2.05) is 0 Å². The highest BCUT2D eigenvalue weighted by Gasteiger charge is 2.31. The summed E-state index contributed by atoms with van der Waals surface area (Å²) in [6.45, 7) is 4.73. The minimum absolute atomic E-state index is 0.181. The van der Waals surface area contributed by atoms with E-state index in [-0.39, 0.29) is 11.8 Å². The molecular weight excluding hydrogens is 194 g/mol. The molecule has 2 aliphatic rings. The summed E-state index contributed by atoms with van der Waals surface area (Å²) >= 11 is 0. The molecule has 0 radical (unpaired) electrons. The van der Waals surface area contributed by atoms with E-state index >= 15 is 0 Å². The van der Waals surface area contributed by atoms with Gasteiger partial charge in [-0.05, 0) is 12.3 Å². The van der Waals surface area contributed by atoms with Gasteiger partial charge in [0, 0.05) is 32.0 Å². The highest BCUT2D eigenvalue weighted by molar-refractivity contribution is 5.78. The SMILES string of the molecule is CC1CC(=O)N(CC(O)C2CCOC2)C1. The summed E-state index contributed by atoms with van der Waals surface area (Å²) in [5.74, 6) is 0.832. The largest absolute Gasteiger partial charge is 0.391 e. The van der Waals surface area contributed by atoms with Crippen molar-refractivity contribution >= 4 is 5.91 Å². The molecular formula is C11H19NO3. The molecule has 0 aromatic carbocycles. The molecule has 0 aromatic heterocycles. The van der Waals surface area contributed by atoms with Gasteiger partial charge in [0.05, 0.1) is 12.7 Å². The van der Waals surface area contributed by atoms with Gasteiger partial charge in [0.1, 0.15) is 0 Å². The summed E-state index contributed by atoms with van der Waals surface area (Å²) in [5, 5.41) is 9.94. The van der Waals surface area contributed by atoms with Gasteiger partial charge in [-0.2, -0.15) is 0 Å². The van der Waals surface area contributed by atoms with Gasteiger partial charge in [-0.1, -0.05) is 6.92 Å². The van der Waals surface area contributed by atoms with Crippen LogP contribution in [0, 0.1) is 11.8 Å². The maximum absolute atomic E-state index is 11.5. The number of likely N-dealkylation sites (tertiary alicyclic amines) is 1. The van der Waals surface area contributed by atoms with Crippen LogP contribution in [0.1, 0.15) is 19.8 Å². The minimum Gasteiger partial charge on any atom is -0.391 e. The molecule has 2 heterocycles. The molecule has 15 heavy (non-hydrogen) atoms. The average molecular weight is 213 g/mol. The van der Waals surface area contributed by atoms with Gasteiger partial charge < -0.3 is 14.7 Å². The van der Waals surface area contributed by atoms with E-state index in [0.29, 0.717) is 25.5 Å². The van der Waals surface area contributed by atoms with Crippen LogP contribution in [0.5, 0.6) is 0 Å². The Morgan fingerprint density at radius 2 is 2.47 bits per heavy atom. The molecule has 86 valence electrons. The Labute approximate surface area is 90.2 Å². The lowest BCUT2D eigenvalue weighted by Gasteiger charge is -2.23. The second-order valence-electron chi connectivity index (χ2n) is 4.80. The molecule has 0 saturated carbocycles. The first-order chi connectivity index (χ1) is 7.16. The number of rotatable bonds is 3. The van der Waals surface area contributed by atoms with Crippen LogP contribution in [0.25, 0.3) is 0 Å². The third-order valence-electron chi connectivity index (χ3n) is 3.32. The lowest BCUT2D eigenvalue weighted by atomic mass is 10.0. The summed E-state index contributed by atoms with van der Waals surface area (Å²) in [7, 11) is 0. The van der Waals surface area contributed by atoms with Crippen molar-refractivity contribution in [2.75, 3.05) is 26.3 Å². The van der Waals surface area contributed by atoms with E-state index in [0.717, 1.165) is 19.6 Å². The van der Waals surface area contributed by atoms with Crippen LogP contribution in [0.2, 0.25) is 0 Å². The van der Waals surface area contributed by atoms with Crippen LogP contribution in [-0.4, -0.2) is 48.3 Å². The van der Waals surface area contributed by atoms with Gasteiger partial charge in [-0.15, -0.1) is 0 Å². The van der Waals surface area contributed by atoms with Crippen LogP contribution >= 0.6 is 0 Å². The number of β-amino-alcohol motifs (C(OH)–C–C–N with tert-alkyl or cyclic N) is 1. The Balaban J connectivity index is 1.83. The van der Waals surface area contributed by atoms with Crippen molar-refractivity contribution in [1.29, 1.82) is 0 Å². The Kier molecular flexibility index (Phi) is 3.26. The van der Waals surface area contributed by atoms with Gasteiger partial charge in [0.15, 0.2) is 0 Å². The van der Waals surface area contributed by atoms with Crippen molar-refractivity contribution in [3.63, 3.8) is 0 Å². The van der Waals surface area contributed by atoms with Gasteiger partial charge in [-0.3, -0.25) is 4.79 Å². The first-order valence-electron chi connectivity index (χ1n) is 5.70. The Morgan fingerprint density at radius 3 is 3.00 bits per heavy atom. The molecule has 1 N–H and O–H groups in total. The monoisotopic (exact) mass is 213 g/mol. The molecule has 3 atom stereocenters. The maximum Gasteiger partial charge on any atom is 0.223 e. The quantitative estimate of drug-likeness (QED) is 0.731. The van der Waals surface area contributed by atoms with Crippen LogP contribution in [-0.2, 0) is 9.53 Å². The second-order valence-corrected chi connectivity index (χ2v) is 4.80.